The van der Waals surface area contributed by atoms with E-state index in [0.29, 0.717) is 5.82 Å². The van der Waals surface area contributed by atoms with Gasteiger partial charge in [0.1, 0.15) is 5.82 Å². The van der Waals surface area contributed by atoms with Gasteiger partial charge in [-0.15, -0.1) is 0 Å². The van der Waals surface area contributed by atoms with E-state index in [-0.39, 0.29) is 0 Å². The summed E-state index contributed by atoms with van der Waals surface area (Å²) in [6.07, 6.45) is 5.54. The second-order valence-electron chi connectivity index (χ2n) is 3.35. The van der Waals surface area contributed by atoms with E-state index >= 15 is 0 Å². The molecule has 1 aliphatic rings. The third-order valence-corrected chi connectivity index (χ3v) is 2.61. The number of hydrogen-bond donors (Lipinski definition) is 1. The van der Waals surface area contributed by atoms with Crippen LogP contribution in [0.3, 0.4) is 0 Å². The Morgan fingerprint density at radius 2 is 2.33 bits per heavy atom. The number of aromatic nitrogens is 1. The summed E-state index contributed by atoms with van der Waals surface area (Å²) >= 11 is 3.39. The third kappa shape index (κ3) is 1.78. The van der Waals surface area contributed by atoms with Gasteiger partial charge in [-0.1, -0.05) is 0 Å². The molecule has 0 saturated heterocycles. The van der Waals surface area contributed by atoms with Crippen LogP contribution in [0, 0.1) is 5.92 Å². The summed E-state index contributed by atoms with van der Waals surface area (Å²) in [6.45, 7) is 0. The minimum Gasteiger partial charge on any atom is -0.383 e. The lowest BCUT2D eigenvalue weighted by molar-refractivity contribution is 0.829. The second kappa shape index (κ2) is 3.05. The van der Waals surface area contributed by atoms with Crippen molar-refractivity contribution in [3.8, 4) is 0 Å². The van der Waals surface area contributed by atoms with Gasteiger partial charge in [0.2, 0.25) is 0 Å². The van der Waals surface area contributed by atoms with Gasteiger partial charge < -0.3 is 5.73 Å². The number of anilines is 1. The molecule has 0 unspecified atom stereocenters. The first-order valence-electron chi connectivity index (χ1n) is 4.15. The first kappa shape index (κ1) is 8.05. The van der Waals surface area contributed by atoms with Crippen molar-refractivity contribution in [3.63, 3.8) is 0 Å². The molecule has 1 aromatic heterocycles. The second-order valence-corrected chi connectivity index (χ2v) is 4.26. The van der Waals surface area contributed by atoms with Gasteiger partial charge in [-0.2, -0.15) is 0 Å². The van der Waals surface area contributed by atoms with E-state index in [9.17, 15) is 0 Å². The molecule has 1 aliphatic carbocycles. The van der Waals surface area contributed by atoms with E-state index in [1.807, 2.05) is 0 Å². The molecule has 0 bridgehead atoms. The zero-order chi connectivity index (χ0) is 8.55. The SMILES string of the molecule is Nc1ncc(Br)cc1CC1CC1. The summed E-state index contributed by atoms with van der Waals surface area (Å²) < 4.78 is 1.02. The van der Waals surface area contributed by atoms with Crippen molar-refractivity contribution in [2.24, 2.45) is 5.92 Å². The fourth-order valence-electron chi connectivity index (χ4n) is 1.29. The number of nitrogen functional groups attached to an aromatic ring is 1. The van der Waals surface area contributed by atoms with E-state index in [2.05, 4.69) is 27.0 Å². The van der Waals surface area contributed by atoms with Crippen LogP contribution in [0.2, 0.25) is 0 Å². The Bertz CT molecular complexity index is 295. The molecule has 12 heavy (non-hydrogen) atoms. The van der Waals surface area contributed by atoms with E-state index in [0.717, 1.165) is 16.8 Å². The van der Waals surface area contributed by atoms with Crippen LogP contribution in [0.4, 0.5) is 5.82 Å². The van der Waals surface area contributed by atoms with E-state index < -0.39 is 0 Å². The molecular formula is C9H11BrN2. The summed E-state index contributed by atoms with van der Waals surface area (Å²) in [4.78, 5) is 4.09. The molecule has 0 radical (unpaired) electrons. The molecule has 2 N–H and O–H groups in total. The van der Waals surface area contributed by atoms with Crippen LogP contribution < -0.4 is 5.73 Å². The highest BCUT2D eigenvalue weighted by Crippen LogP contribution is 2.34. The third-order valence-electron chi connectivity index (χ3n) is 2.17. The lowest BCUT2D eigenvalue weighted by Gasteiger charge is -2.03. The van der Waals surface area contributed by atoms with Crippen LogP contribution in [0.15, 0.2) is 16.7 Å². The molecule has 1 heterocycles. The van der Waals surface area contributed by atoms with Crippen molar-refractivity contribution < 1.29 is 0 Å². The van der Waals surface area contributed by atoms with Crippen LogP contribution in [-0.4, -0.2) is 4.98 Å². The average molecular weight is 227 g/mol. The molecule has 0 spiro atoms. The molecule has 0 aliphatic heterocycles. The van der Waals surface area contributed by atoms with Crippen molar-refractivity contribution >= 4 is 21.7 Å². The minimum atomic E-state index is 0.685. The topological polar surface area (TPSA) is 38.9 Å². The fraction of sp³-hybridized carbons (Fsp3) is 0.444. The average Bonchev–Trinajstić information content (AvgIpc) is 2.81. The number of hydrogen-bond acceptors (Lipinski definition) is 2. The van der Waals surface area contributed by atoms with Gasteiger partial charge in [0, 0.05) is 10.7 Å². The fourth-order valence-corrected chi connectivity index (χ4v) is 1.67. The molecule has 0 atom stereocenters. The summed E-state index contributed by atoms with van der Waals surface area (Å²) in [5, 5.41) is 0. The maximum Gasteiger partial charge on any atom is 0.126 e. The number of nitrogens with two attached hydrogens (primary N) is 1. The number of nitrogens with zero attached hydrogens (tertiary/aromatic N) is 1. The summed E-state index contributed by atoms with van der Waals surface area (Å²) in [6, 6.07) is 2.07. The lowest BCUT2D eigenvalue weighted by Crippen LogP contribution is -1.98. The number of halogens is 1. The Hall–Kier alpha value is -0.570. The minimum absolute atomic E-state index is 0.685. The van der Waals surface area contributed by atoms with Crippen molar-refractivity contribution in [2.75, 3.05) is 5.73 Å². The lowest BCUT2D eigenvalue weighted by atomic mass is 10.1. The van der Waals surface area contributed by atoms with Gasteiger partial charge in [0.25, 0.3) is 0 Å². The van der Waals surface area contributed by atoms with Gasteiger partial charge >= 0.3 is 0 Å². The maximum atomic E-state index is 5.73. The molecule has 1 saturated carbocycles. The Labute approximate surface area is 80.3 Å². The normalized spacial score (nSPS) is 16.4. The zero-order valence-corrected chi connectivity index (χ0v) is 8.34. The van der Waals surface area contributed by atoms with E-state index in [1.165, 1.54) is 18.4 Å². The van der Waals surface area contributed by atoms with Crippen LogP contribution in [0.25, 0.3) is 0 Å². The highest BCUT2D eigenvalue weighted by molar-refractivity contribution is 9.10. The smallest absolute Gasteiger partial charge is 0.126 e. The highest BCUT2D eigenvalue weighted by Gasteiger charge is 2.22. The molecule has 2 rings (SSSR count). The largest absolute Gasteiger partial charge is 0.383 e. The molecule has 0 amide bonds. The maximum absolute atomic E-state index is 5.73. The molecule has 1 aromatic rings. The van der Waals surface area contributed by atoms with E-state index in [1.54, 1.807) is 6.20 Å². The molecule has 0 aromatic carbocycles. The first-order valence-corrected chi connectivity index (χ1v) is 4.95. The Balaban J connectivity index is 2.21. The van der Waals surface area contributed by atoms with Crippen molar-refractivity contribution in [1.82, 2.24) is 4.98 Å². The van der Waals surface area contributed by atoms with Crippen molar-refractivity contribution in [3.05, 3.63) is 22.3 Å². The molecule has 2 nitrogen and oxygen atoms in total. The van der Waals surface area contributed by atoms with Gasteiger partial charge in [-0.25, -0.2) is 4.98 Å². The molecular weight excluding hydrogens is 216 g/mol. The zero-order valence-electron chi connectivity index (χ0n) is 6.76. The monoisotopic (exact) mass is 226 g/mol. The summed E-state index contributed by atoms with van der Waals surface area (Å²) in [5.74, 6) is 1.55. The predicted octanol–water partition coefficient (Wildman–Crippen LogP) is 2.38. The van der Waals surface area contributed by atoms with Crippen LogP contribution in [0.5, 0.6) is 0 Å². The van der Waals surface area contributed by atoms with Crippen LogP contribution in [0.1, 0.15) is 18.4 Å². The van der Waals surface area contributed by atoms with Gasteiger partial charge in [-0.05, 0) is 52.7 Å². The first-order chi connectivity index (χ1) is 5.75. The van der Waals surface area contributed by atoms with Crippen molar-refractivity contribution in [2.45, 2.75) is 19.3 Å². The highest BCUT2D eigenvalue weighted by atomic mass is 79.9. The summed E-state index contributed by atoms with van der Waals surface area (Å²) in [5.41, 5.74) is 6.92. The summed E-state index contributed by atoms with van der Waals surface area (Å²) in [7, 11) is 0. The Morgan fingerprint density at radius 1 is 1.58 bits per heavy atom. The number of pyridine rings is 1. The Morgan fingerprint density at radius 3 is 3.00 bits per heavy atom. The van der Waals surface area contributed by atoms with Gasteiger partial charge in [0.05, 0.1) is 0 Å². The van der Waals surface area contributed by atoms with Crippen LogP contribution >= 0.6 is 15.9 Å². The van der Waals surface area contributed by atoms with Crippen molar-refractivity contribution in [1.29, 1.82) is 0 Å². The molecule has 3 heteroatoms. The quantitative estimate of drug-likeness (QED) is 0.842. The molecule has 64 valence electrons. The Kier molecular flexibility index (Phi) is 2.05. The standard InChI is InChI=1S/C9H11BrN2/c10-8-4-7(3-6-1-2-6)9(11)12-5-8/h4-6H,1-3H2,(H2,11,12). The number of rotatable bonds is 2. The predicted molar refractivity (Wildman–Crippen MR) is 52.8 cm³/mol. The molecule has 1 fully saturated rings. The van der Waals surface area contributed by atoms with Gasteiger partial charge in [0.15, 0.2) is 0 Å². The van der Waals surface area contributed by atoms with Gasteiger partial charge in [-0.3, -0.25) is 0 Å². The van der Waals surface area contributed by atoms with Crippen LogP contribution in [-0.2, 0) is 6.42 Å². The van der Waals surface area contributed by atoms with E-state index in [4.69, 9.17) is 5.73 Å².